The van der Waals surface area contributed by atoms with Crippen LogP contribution in [0, 0.1) is 0 Å². The minimum Gasteiger partial charge on any atom is -0.468 e. The van der Waals surface area contributed by atoms with Gasteiger partial charge in [0.1, 0.15) is 12.1 Å². The number of ether oxygens (including phenoxy) is 2. The lowest BCUT2D eigenvalue weighted by Gasteiger charge is -2.34. The average Bonchev–Trinajstić information content (AvgIpc) is 2.34. The standard InChI is InChI=1S/C14H25NO4/c1-14(2,3)19-13(17)15(10-12(16)18-4)11-8-6-5-7-9-11/h11H,5-10H2,1-4H3. The van der Waals surface area contributed by atoms with Crippen LogP contribution in [-0.2, 0) is 14.3 Å². The van der Waals surface area contributed by atoms with E-state index in [0.717, 1.165) is 25.7 Å². The Balaban J connectivity index is 2.72. The molecule has 19 heavy (non-hydrogen) atoms. The summed E-state index contributed by atoms with van der Waals surface area (Å²) in [5.41, 5.74) is -0.555. The van der Waals surface area contributed by atoms with Crippen LogP contribution >= 0.6 is 0 Å². The smallest absolute Gasteiger partial charge is 0.411 e. The highest BCUT2D eigenvalue weighted by atomic mass is 16.6. The van der Waals surface area contributed by atoms with Gasteiger partial charge in [-0.3, -0.25) is 9.69 Å². The van der Waals surface area contributed by atoms with Crippen LogP contribution in [0.5, 0.6) is 0 Å². The van der Waals surface area contributed by atoms with Crippen LogP contribution in [0.3, 0.4) is 0 Å². The largest absolute Gasteiger partial charge is 0.468 e. The van der Waals surface area contributed by atoms with Crippen molar-refractivity contribution >= 4 is 12.1 Å². The second kappa shape index (κ2) is 6.78. The lowest BCUT2D eigenvalue weighted by molar-refractivity contribution is -0.142. The van der Waals surface area contributed by atoms with Crippen LogP contribution in [0.1, 0.15) is 52.9 Å². The topological polar surface area (TPSA) is 55.8 Å². The highest BCUT2D eigenvalue weighted by Gasteiger charge is 2.31. The van der Waals surface area contributed by atoms with Gasteiger partial charge >= 0.3 is 12.1 Å². The van der Waals surface area contributed by atoms with Gasteiger partial charge in [0.25, 0.3) is 0 Å². The monoisotopic (exact) mass is 271 g/mol. The molecule has 0 aromatic heterocycles. The summed E-state index contributed by atoms with van der Waals surface area (Å²) in [6.45, 7) is 5.43. The summed E-state index contributed by atoms with van der Waals surface area (Å²) in [7, 11) is 1.33. The van der Waals surface area contributed by atoms with Gasteiger partial charge in [-0.25, -0.2) is 4.79 Å². The molecule has 0 aromatic carbocycles. The lowest BCUT2D eigenvalue weighted by atomic mass is 9.94. The number of hydrogen-bond acceptors (Lipinski definition) is 4. The Kier molecular flexibility index (Phi) is 5.63. The van der Waals surface area contributed by atoms with Crippen LogP contribution in [0.25, 0.3) is 0 Å². The zero-order valence-electron chi connectivity index (χ0n) is 12.4. The highest BCUT2D eigenvalue weighted by Crippen LogP contribution is 2.24. The fraction of sp³-hybridized carbons (Fsp3) is 0.857. The fourth-order valence-corrected chi connectivity index (χ4v) is 2.26. The number of carbonyl (C=O) groups excluding carboxylic acids is 2. The number of carbonyl (C=O) groups is 2. The Hall–Kier alpha value is -1.26. The summed E-state index contributed by atoms with van der Waals surface area (Å²) in [5.74, 6) is -0.406. The number of hydrogen-bond donors (Lipinski definition) is 0. The zero-order chi connectivity index (χ0) is 14.5. The van der Waals surface area contributed by atoms with Gasteiger partial charge in [-0.1, -0.05) is 19.3 Å². The third kappa shape index (κ3) is 5.49. The first-order valence-corrected chi connectivity index (χ1v) is 6.90. The molecule has 1 aliphatic rings. The molecular weight excluding hydrogens is 246 g/mol. The molecule has 0 heterocycles. The molecule has 1 aliphatic carbocycles. The first-order chi connectivity index (χ1) is 8.83. The van der Waals surface area contributed by atoms with Crippen molar-refractivity contribution in [2.75, 3.05) is 13.7 Å². The molecular formula is C14H25NO4. The summed E-state index contributed by atoms with van der Waals surface area (Å²) >= 11 is 0. The van der Waals surface area contributed by atoms with Gasteiger partial charge in [-0.15, -0.1) is 0 Å². The number of amides is 1. The minimum atomic E-state index is -0.555. The Morgan fingerprint density at radius 2 is 1.74 bits per heavy atom. The van der Waals surface area contributed by atoms with E-state index in [-0.39, 0.29) is 12.6 Å². The van der Waals surface area contributed by atoms with Gasteiger partial charge < -0.3 is 9.47 Å². The van der Waals surface area contributed by atoms with E-state index >= 15 is 0 Å². The summed E-state index contributed by atoms with van der Waals surface area (Å²) in [5, 5.41) is 0. The molecule has 0 aromatic rings. The second-order valence-corrected chi connectivity index (χ2v) is 5.98. The van der Waals surface area contributed by atoms with Crippen LogP contribution < -0.4 is 0 Å². The molecule has 0 spiro atoms. The van der Waals surface area contributed by atoms with Gasteiger partial charge in [-0.05, 0) is 33.6 Å². The maximum atomic E-state index is 12.2. The Morgan fingerprint density at radius 3 is 2.21 bits per heavy atom. The maximum Gasteiger partial charge on any atom is 0.411 e. The van der Waals surface area contributed by atoms with Gasteiger partial charge in [0.2, 0.25) is 0 Å². The van der Waals surface area contributed by atoms with Crippen LogP contribution in [0.4, 0.5) is 4.79 Å². The van der Waals surface area contributed by atoms with Gasteiger partial charge in [-0.2, -0.15) is 0 Å². The molecule has 0 radical (unpaired) electrons. The lowest BCUT2D eigenvalue weighted by Crippen LogP contribution is -2.46. The third-order valence-electron chi connectivity index (χ3n) is 3.17. The number of methoxy groups -OCH3 is 1. The van der Waals surface area contributed by atoms with E-state index in [4.69, 9.17) is 4.74 Å². The van der Waals surface area contributed by atoms with Gasteiger partial charge in [0.15, 0.2) is 0 Å². The average molecular weight is 271 g/mol. The fourth-order valence-electron chi connectivity index (χ4n) is 2.26. The van der Waals surface area contributed by atoms with Crippen molar-refractivity contribution in [1.82, 2.24) is 4.90 Å². The molecule has 1 fully saturated rings. The second-order valence-electron chi connectivity index (χ2n) is 5.98. The van der Waals surface area contributed by atoms with E-state index < -0.39 is 17.7 Å². The van der Waals surface area contributed by atoms with Crippen molar-refractivity contribution in [3.05, 3.63) is 0 Å². The van der Waals surface area contributed by atoms with Gasteiger partial charge in [0, 0.05) is 6.04 Å². The van der Waals surface area contributed by atoms with Crippen LogP contribution in [0.2, 0.25) is 0 Å². The predicted molar refractivity (Wildman–Crippen MR) is 71.8 cm³/mol. The van der Waals surface area contributed by atoms with Gasteiger partial charge in [0.05, 0.1) is 7.11 Å². The zero-order valence-corrected chi connectivity index (χ0v) is 12.4. The quantitative estimate of drug-likeness (QED) is 0.741. The van der Waals surface area contributed by atoms with Crippen molar-refractivity contribution in [1.29, 1.82) is 0 Å². The summed E-state index contributed by atoms with van der Waals surface area (Å²) in [4.78, 5) is 25.2. The molecule has 0 unspecified atom stereocenters. The molecule has 1 rings (SSSR count). The SMILES string of the molecule is COC(=O)CN(C(=O)OC(C)(C)C)C1CCCCC1. The molecule has 0 bridgehead atoms. The Bertz CT molecular complexity index is 316. The molecule has 5 nitrogen and oxygen atoms in total. The Labute approximate surface area is 115 Å². The summed E-state index contributed by atoms with van der Waals surface area (Å²) < 4.78 is 10.0. The van der Waals surface area contributed by atoms with E-state index in [1.54, 1.807) is 0 Å². The molecule has 1 amide bonds. The molecule has 1 saturated carbocycles. The van der Waals surface area contributed by atoms with Crippen molar-refractivity contribution in [2.45, 2.75) is 64.5 Å². The van der Waals surface area contributed by atoms with E-state index in [0.29, 0.717) is 0 Å². The first-order valence-electron chi connectivity index (χ1n) is 6.90. The Morgan fingerprint density at radius 1 is 1.16 bits per heavy atom. The molecule has 5 heteroatoms. The molecule has 0 atom stereocenters. The number of esters is 1. The van der Waals surface area contributed by atoms with Crippen molar-refractivity contribution < 1.29 is 19.1 Å². The van der Waals surface area contributed by atoms with E-state index in [9.17, 15) is 9.59 Å². The predicted octanol–water partition coefficient (Wildman–Crippen LogP) is 2.73. The molecule has 110 valence electrons. The number of nitrogens with zero attached hydrogens (tertiary/aromatic N) is 1. The van der Waals surface area contributed by atoms with Crippen LogP contribution in [0.15, 0.2) is 0 Å². The van der Waals surface area contributed by atoms with Crippen LogP contribution in [-0.4, -0.2) is 42.3 Å². The third-order valence-corrected chi connectivity index (χ3v) is 3.17. The van der Waals surface area contributed by atoms with Crippen molar-refractivity contribution in [3.8, 4) is 0 Å². The minimum absolute atomic E-state index is 0.0317. The van der Waals surface area contributed by atoms with E-state index in [1.807, 2.05) is 20.8 Å². The van der Waals surface area contributed by atoms with Crippen molar-refractivity contribution in [3.63, 3.8) is 0 Å². The van der Waals surface area contributed by atoms with Crippen molar-refractivity contribution in [2.24, 2.45) is 0 Å². The summed E-state index contributed by atoms with van der Waals surface area (Å²) in [6.07, 6.45) is 4.80. The summed E-state index contributed by atoms with van der Waals surface area (Å²) in [6, 6.07) is 0.0858. The van der Waals surface area contributed by atoms with E-state index in [1.165, 1.54) is 18.4 Å². The molecule has 0 N–H and O–H groups in total. The highest BCUT2D eigenvalue weighted by molar-refractivity contribution is 5.78. The molecule has 0 saturated heterocycles. The number of rotatable bonds is 3. The van der Waals surface area contributed by atoms with E-state index in [2.05, 4.69) is 4.74 Å². The maximum absolute atomic E-state index is 12.2. The normalized spacial score (nSPS) is 16.8. The molecule has 0 aliphatic heterocycles. The first kappa shape index (κ1) is 15.8.